The van der Waals surface area contributed by atoms with Crippen LogP contribution in [0.15, 0.2) is 23.4 Å². The number of thioether (sulfide) groups is 1. The van der Waals surface area contributed by atoms with Gasteiger partial charge < -0.3 is 14.5 Å². The van der Waals surface area contributed by atoms with Gasteiger partial charge in [0, 0.05) is 23.3 Å². The molecule has 1 aromatic carbocycles. The maximum atomic E-state index is 5.62. The molecule has 0 unspecified atom stereocenters. The summed E-state index contributed by atoms with van der Waals surface area (Å²) >= 11 is 1.60. The molecular formula is C15H16N4O2S. The molecule has 0 saturated carbocycles. The van der Waals surface area contributed by atoms with E-state index in [1.54, 1.807) is 18.9 Å². The Bertz CT molecular complexity index is 814. The van der Waals surface area contributed by atoms with E-state index in [0.717, 1.165) is 53.0 Å². The third-order valence-corrected chi connectivity index (χ3v) is 4.79. The number of ether oxygens (including phenoxy) is 2. The number of aromatic nitrogens is 4. The number of H-pyrrole nitrogens is 1. The zero-order chi connectivity index (χ0) is 14.9. The second kappa shape index (κ2) is 5.73. The number of nitrogens with zero attached hydrogens (tertiary/aromatic N) is 3. The summed E-state index contributed by atoms with van der Waals surface area (Å²) in [4.78, 5) is 7.85. The van der Waals surface area contributed by atoms with E-state index in [1.165, 1.54) is 0 Å². The SMILES string of the molecule is COc1ccc2[nH]c3nc(SC[C@@H]4CCCO4)nnc3c2c1. The number of nitrogens with one attached hydrogen (secondary N) is 1. The highest BCUT2D eigenvalue weighted by Crippen LogP contribution is 2.27. The lowest BCUT2D eigenvalue weighted by Gasteiger charge is -2.06. The Hall–Kier alpha value is -1.86. The summed E-state index contributed by atoms with van der Waals surface area (Å²) in [5.41, 5.74) is 2.52. The summed E-state index contributed by atoms with van der Waals surface area (Å²) in [6, 6.07) is 5.83. The van der Waals surface area contributed by atoms with Gasteiger partial charge in [0.1, 0.15) is 11.3 Å². The van der Waals surface area contributed by atoms with Gasteiger partial charge in [0.15, 0.2) is 5.65 Å². The predicted molar refractivity (Wildman–Crippen MR) is 85.4 cm³/mol. The maximum absolute atomic E-state index is 5.62. The van der Waals surface area contributed by atoms with E-state index in [0.29, 0.717) is 11.3 Å². The van der Waals surface area contributed by atoms with Crippen molar-refractivity contribution in [2.75, 3.05) is 19.5 Å². The highest BCUT2D eigenvalue weighted by molar-refractivity contribution is 7.99. The van der Waals surface area contributed by atoms with E-state index in [2.05, 4.69) is 20.2 Å². The summed E-state index contributed by atoms with van der Waals surface area (Å²) in [6.45, 7) is 0.868. The first kappa shape index (κ1) is 13.8. The normalized spacial score (nSPS) is 18.3. The molecule has 1 N–H and O–H groups in total. The minimum atomic E-state index is 0.316. The molecular weight excluding hydrogens is 300 g/mol. The molecule has 3 aromatic rings. The summed E-state index contributed by atoms with van der Waals surface area (Å²) in [5.74, 6) is 1.67. The third-order valence-electron chi connectivity index (χ3n) is 3.82. The number of rotatable bonds is 4. The lowest BCUT2D eigenvalue weighted by Crippen LogP contribution is -2.08. The number of benzene rings is 1. The Morgan fingerprint density at radius 3 is 3.18 bits per heavy atom. The Balaban J connectivity index is 1.64. The van der Waals surface area contributed by atoms with Crippen LogP contribution in [-0.2, 0) is 4.74 Å². The van der Waals surface area contributed by atoms with Crippen LogP contribution in [0.5, 0.6) is 5.75 Å². The van der Waals surface area contributed by atoms with Crippen LogP contribution in [0.1, 0.15) is 12.8 Å². The van der Waals surface area contributed by atoms with E-state index >= 15 is 0 Å². The van der Waals surface area contributed by atoms with Gasteiger partial charge in [0.2, 0.25) is 5.16 Å². The summed E-state index contributed by atoms with van der Waals surface area (Å²) in [5, 5.41) is 10.2. The van der Waals surface area contributed by atoms with Crippen molar-refractivity contribution >= 4 is 33.8 Å². The Morgan fingerprint density at radius 1 is 1.41 bits per heavy atom. The smallest absolute Gasteiger partial charge is 0.211 e. The topological polar surface area (TPSA) is 72.9 Å². The number of hydrogen-bond acceptors (Lipinski definition) is 6. The highest BCUT2D eigenvalue weighted by Gasteiger charge is 2.17. The van der Waals surface area contributed by atoms with Gasteiger partial charge in [-0.05, 0) is 31.0 Å². The number of hydrogen-bond donors (Lipinski definition) is 1. The molecule has 2 aromatic heterocycles. The number of methoxy groups -OCH3 is 1. The van der Waals surface area contributed by atoms with Crippen LogP contribution in [0.4, 0.5) is 0 Å². The van der Waals surface area contributed by atoms with Gasteiger partial charge in [-0.15, -0.1) is 10.2 Å². The first-order valence-corrected chi connectivity index (χ1v) is 8.26. The van der Waals surface area contributed by atoms with Crippen molar-refractivity contribution in [3.8, 4) is 5.75 Å². The van der Waals surface area contributed by atoms with E-state index in [4.69, 9.17) is 9.47 Å². The second-order valence-corrected chi connectivity index (χ2v) is 6.26. The fourth-order valence-corrected chi connectivity index (χ4v) is 3.52. The van der Waals surface area contributed by atoms with Crippen molar-refractivity contribution in [3.63, 3.8) is 0 Å². The molecule has 6 nitrogen and oxygen atoms in total. The molecule has 0 radical (unpaired) electrons. The van der Waals surface area contributed by atoms with Gasteiger partial charge in [-0.25, -0.2) is 4.98 Å². The van der Waals surface area contributed by atoms with Crippen LogP contribution in [0.25, 0.3) is 22.1 Å². The van der Waals surface area contributed by atoms with Gasteiger partial charge in [0.05, 0.1) is 13.2 Å². The van der Waals surface area contributed by atoms with Crippen LogP contribution in [-0.4, -0.2) is 45.7 Å². The minimum absolute atomic E-state index is 0.316. The van der Waals surface area contributed by atoms with Crippen molar-refractivity contribution in [2.24, 2.45) is 0 Å². The van der Waals surface area contributed by atoms with Crippen LogP contribution in [0.2, 0.25) is 0 Å². The molecule has 1 aliphatic heterocycles. The van der Waals surface area contributed by atoms with Crippen molar-refractivity contribution in [2.45, 2.75) is 24.1 Å². The molecule has 0 amide bonds. The highest BCUT2D eigenvalue weighted by atomic mass is 32.2. The third kappa shape index (κ3) is 2.50. The standard InChI is InChI=1S/C15H16N4O2S/c1-20-9-4-5-12-11(7-9)13-14(16-12)17-15(19-18-13)22-8-10-3-2-6-21-10/h4-5,7,10H,2-3,6,8H2,1H3,(H,16,17,19)/t10-/m0/s1. The van der Waals surface area contributed by atoms with Crippen molar-refractivity contribution in [1.82, 2.24) is 20.2 Å². The first-order valence-electron chi connectivity index (χ1n) is 7.28. The van der Waals surface area contributed by atoms with E-state index in [1.807, 2.05) is 18.2 Å². The number of aromatic amines is 1. The Labute approximate surface area is 131 Å². The average molecular weight is 316 g/mol. The van der Waals surface area contributed by atoms with Crippen molar-refractivity contribution < 1.29 is 9.47 Å². The fourth-order valence-electron chi connectivity index (χ4n) is 2.67. The lowest BCUT2D eigenvalue weighted by atomic mass is 10.2. The molecule has 114 valence electrons. The molecule has 1 fully saturated rings. The molecule has 7 heteroatoms. The molecule has 0 bridgehead atoms. The Morgan fingerprint density at radius 2 is 2.36 bits per heavy atom. The fraction of sp³-hybridized carbons (Fsp3) is 0.400. The molecule has 22 heavy (non-hydrogen) atoms. The zero-order valence-electron chi connectivity index (χ0n) is 12.2. The van der Waals surface area contributed by atoms with E-state index in [9.17, 15) is 0 Å². The predicted octanol–water partition coefficient (Wildman–Crippen LogP) is 2.79. The molecule has 3 heterocycles. The van der Waals surface area contributed by atoms with Crippen LogP contribution >= 0.6 is 11.8 Å². The van der Waals surface area contributed by atoms with Gasteiger partial charge >= 0.3 is 0 Å². The number of fused-ring (bicyclic) bond motifs is 3. The minimum Gasteiger partial charge on any atom is -0.497 e. The van der Waals surface area contributed by atoms with E-state index in [-0.39, 0.29) is 0 Å². The van der Waals surface area contributed by atoms with Gasteiger partial charge in [-0.1, -0.05) is 11.8 Å². The van der Waals surface area contributed by atoms with Crippen LogP contribution < -0.4 is 4.74 Å². The average Bonchev–Trinajstić information content (AvgIpc) is 3.19. The summed E-state index contributed by atoms with van der Waals surface area (Å²) < 4.78 is 10.9. The van der Waals surface area contributed by atoms with Gasteiger partial charge in [-0.3, -0.25) is 0 Å². The quantitative estimate of drug-likeness (QED) is 0.746. The summed E-state index contributed by atoms with van der Waals surface area (Å²) in [7, 11) is 1.65. The largest absolute Gasteiger partial charge is 0.497 e. The second-order valence-electron chi connectivity index (χ2n) is 5.27. The lowest BCUT2D eigenvalue weighted by molar-refractivity contribution is 0.129. The molecule has 1 aliphatic rings. The van der Waals surface area contributed by atoms with Gasteiger partial charge in [0.25, 0.3) is 0 Å². The summed E-state index contributed by atoms with van der Waals surface area (Å²) in [6.07, 6.45) is 2.58. The monoisotopic (exact) mass is 316 g/mol. The van der Waals surface area contributed by atoms with E-state index < -0.39 is 0 Å². The van der Waals surface area contributed by atoms with Crippen LogP contribution in [0, 0.1) is 0 Å². The molecule has 0 spiro atoms. The van der Waals surface area contributed by atoms with Crippen LogP contribution in [0.3, 0.4) is 0 Å². The first-order chi connectivity index (χ1) is 10.8. The maximum Gasteiger partial charge on any atom is 0.211 e. The molecule has 1 saturated heterocycles. The molecule has 4 rings (SSSR count). The molecule has 1 atom stereocenters. The zero-order valence-corrected chi connectivity index (χ0v) is 13.0. The Kier molecular flexibility index (Phi) is 3.59. The van der Waals surface area contributed by atoms with Crippen molar-refractivity contribution in [1.29, 1.82) is 0 Å². The van der Waals surface area contributed by atoms with Crippen molar-refractivity contribution in [3.05, 3.63) is 18.2 Å². The van der Waals surface area contributed by atoms with Gasteiger partial charge in [-0.2, -0.15) is 0 Å². The molecule has 0 aliphatic carbocycles.